The lowest BCUT2D eigenvalue weighted by Crippen LogP contribution is -2.23. The number of aliphatic carboxylic acids is 1. The van der Waals surface area contributed by atoms with Crippen molar-refractivity contribution >= 4 is 18.1 Å². The van der Waals surface area contributed by atoms with Gasteiger partial charge < -0.3 is 19.3 Å². The fourth-order valence-corrected chi connectivity index (χ4v) is 0.722. The van der Waals surface area contributed by atoms with Crippen LogP contribution in [0.25, 0.3) is 0 Å². The van der Waals surface area contributed by atoms with Crippen LogP contribution < -0.4 is 0 Å². The third-order valence-electron chi connectivity index (χ3n) is 1.24. The van der Waals surface area contributed by atoms with E-state index in [1.165, 1.54) is 6.92 Å². The summed E-state index contributed by atoms with van der Waals surface area (Å²) in [4.78, 5) is 32.0. The highest BCUT2D eigenvalue weighted by Gasteiger charge is 2.14. The molecule has 1 N–H and O–H groups in total. The summed E-state index contributed by atoms with van der Waals surface area (Å²) in [5.74, 6) is -2.22. The van der Waals surface area contributed by atoms with Gasteiger partial charge in [-0.25, -0.2) is 14.4 Å². The van der Waals surface area contributed by atoms with Gasteiger partial charge in [0.25, 0.3) is 0 Å². The molecule has 0 amide bonds. The second-order valence-electron chi connectivity index (χ2n) is 3.21. The SMILES string of the molecule is CC(C)OC(=O)OC(C)OC(=O)/C=C/C(=O)O. The molecule has 7 nitrogen and oxygen atoms in total. The van der Waals surface area contributed by atoms with E-state index >= 15 is 0 Å². The minimum atomic E-state index is -1.28. The van der Waals surface area contributed by atoms with Gasteiger partial charge in [-0.05, 0) is 13.8 Å². The minimum Gasteiger partial charge on any atom is -0.478 e. The predicted molar refractivity (Wildman–Crippen MR) is 55.0 cm³/mol. The fourth-order valence-electron chi connectivity index (χ4n) is 0.722. The van der Waals surface area contributed by atoms with Crippen LogP contribution in [0.2, 0.25) is 0 Å². The van der Waals surface area contributed by atoms with E-state index in [-0.39, 0.29) is 6.10 Å². The minimum absolute atomic E-state index is 0.350. The molecular formula is C10H14O7. The Morgan fingerprint density at radius 1 is 1.00 bits per heavy atom. The third-order valence-corrected chi connectivity index (χ3v) is 1.24. The van der Waals surface area contributed by atoms with Crippen LogP contribution in [-0.2, 0) is 23.8 Å². The number of rotatable bonds is 5. The second kappa shape index (κ2) is 7.26. The van der Waals surface area contributed by atoms with Crippen molar-refractivity contribution in [2.24, 2.45) is 0 Å². The molecule has 96 valence electrons. The van der Waals surface area contributed by atoms with E-state index in [4.69, 9.17) is 5.11 Å². The van der Waals surface area contributed by atoms with Gasteiger partial charge in [0.15, 0.2) is 0 Å². The van der Waals surface area contributed by atoms with Crippen molar-refractivity contribution in [1.29, 1.82) is 0 Å². The van der Waals surface area contributed by atoms with Crippen molar-refractivity contribution in [3.8, 4) is 0 Å². The zero-order valence-electron chi connectivity index (χ0n) is 9.71. The smallest absolute Gasteiger partial charge is 0.478 e. The number of esters is 1. The van der Waals surface area contributed by atoms with Crippen LogP contribution in [0, 0.1) is 0 Å². The quantitative estimate of drug-likeness (QED) is 0.440. The fraction of sp³-hybridized carbons (Fsp3) is 0.500. The van der Waals surface area contributed by atoms with Crippen LogP contribution in [0.15, 0.2) is 12.2 Å². The molecule has 0 aliphatic rings. The molecule has 7 heteroatoms. The Morgan fingerprint density at radius 3 is 2.06 bits per heavy atom. The van der Waals surface area contributed by atoms with E-state index in [0.717, 1.165) is 0 Å². The molecule has 0 aliphatic carbocycles. The Morgan fingerprint density at radius 2 is 1.59 bits per heavy atom. The molecule has 0 aromatic rings. The van der Waals surface area contributed by atoms with Crippen LogP contribution in [0.1, 0.15) is 20.8 Å². The van der Waals surface area contributed by atoms with Crippen molar-refractivity contribution in [3.63, 3.8) is 0 Å². The van der Waals surface area contributed by atoms with Crippen molar-refractivity contribution in [2.75, 3.05) is 0 Å². The predicted octanol–water partition coefficient (Wildman–Crippen LogP) is 1.08. The molecule has 0 saturated heterocycles. The topological polar surface area (TPSA) is 99.1 Å². The van der Waals surface area contributed by atoms with Crippen LogP contribution in [-0.4, -0.2) is 35.6 Å². The Kier molecular flexibility index (Phi) is 6.39. The van der Waals surface area contributed by atoms with Gasteiger partial charge in [-0.15, -0.1) is 0 Å². The third kappa shape index (κ3) is 8.91. The molecule has 0 saturated carbocycles. The molecule has 17 heavy (non-hydrogen) atoms. The summed E-state index contributed by atoms with van der Waals surface area (Å²) in [6.45, 7) is 4.56. The maximum Gasteiger partial charge on any atom is 0.511 e. The summed E-state index contributed by atoms with van der Waals surface area (Å²) in [6.07, 6.45) is -1.16. The van der Waals surface area contributed by atoms with Gasteiger partial charge in [-0.2, -0.15) is 0 Å². The Balaban J connectivity index is 4.01. The molecule has 0 fully saturated rings. The molecule has 0 radical (unpaired) electrons. The van der Waals surface area contributed by atoms with Crippen LogP contribution in [0.5, 0.6) is 0 Å². The maximum absolute atomic E-state index is 11.0. The first kappa shape index (κ1) is 14.9. The largest absolute Gasteiger partial charge is 0.511 e. The maximum atomic E-state index is 11.0. The average Bonchev–Trinajstić information content (AvgIpc) is 2.12. The normalized spacial score (nSPS) is 12.2. The number of carbonyl (C=O) groups excluding carboxylic acids is 2. The first-order chi connectivity index (χ1) is 7.81. The number of carboxylic acid groups (broad SMARTS) is 1. The van der Waals surface area contributed by atoms with E-state index < -0.39 is 24.4 Å². The highest BCUT2D eigenvalue weighted by Crippen LogP contribution is 2.00. The van der Waals surface area contributed by atoms with Gasteiger partial charge in [0.1, 0.15) is 0 Å². The van der Waals surface area contributed by atoms with Gasteiger partial charge in [0.2, 0.25) is 6.29 Å². The van der Waals surface area contributed by atoms with Crippen LogP contribution in [0.4, 0.5) is 4.79 Å². The molecule has 0 aliphatic heterocycles. The number of hydrogen-bond donors (Lipinski definition) is 1. The molecule has 0 aromatic heterocycles. The lowest BCUT2D eigenvalue weighted by atomic mass is 10.5. The molecule has 0 bridgehead atoms. The summed E-state index contributed by atoms with van der Waals surface area (Å²) >= 11 is 0. The average molecular weight is 246 g/mol. The molecule has 0 spiro atoms. The summed E-state index contributed by atoms with van der Waals surface area (Å²) < 4.78 is 13.7. The van der Waals surface area contributed by atoms with Gasteiger partial charge in [-0.1, -0.05) is 0 Å². The van der Waals surface area contributed by atoms with Gasteiger partial charge in [-0.3, -0.25) is 0 Å². The van der Waals surface area contributed by atoms with Crippen molar-refractivity contribution < 1.29 is 33.7 Å². The second-order valence-corrected chi connectivity index (χ2v) is 3.21. The van der Waals surface area contributed by atoms with E-state index in [0.29, 0.717) is 12.2 Å². The summed E-state index contributed by atoms with van der Waals surface area (Å²) in [5.41, 5.74) is 0. The highest BCUT2D eigenvalue weighted by molar-refractivity contribution is 5.90. The Labute approximate surface area is 98.0 Å². The number of carbonyl (C=O) groups is 3. The zero-order chi connectivity index (χ0) is 13.4. The molecular weight excluding hydrogens is 232 g/mol. The van der Waals surface area contributed by atoms with E-state index in [2.05, 4.69) is 14.2 Å². The molecule has 0 rings (SSSR count). The highest BCUT2D eigenvalue weighted by atomic mass is 16.8. The first-order valence-electron chi connectivity index (χ1n) is 4.80. The molecule has 1 atom stereocenters. The van der Waals surface area contributed by atoms with Crippen molar-refractivity contribution in [1.82, 2.24) is 0 Å². The number of hydrogen-bond acceptors (Lipinski definition) is 6. The molecule has 1 unspecified atom stereocenters. The number of carboxylic acids is 1. The Bertz CT molecular complexity index is 319. The van der Waals surface area contributed by atoms with Gasteiger partial charge in [0.05, 0.1) is 6.10 Å². The standard InChI is InChI=1S/C10H14O7/c1-6(2)15-10(14)17-7(3)16-9(13)5-4-8(11)12/h4-7H,1-3H3,(H,11,12)/b5-4+. The first-order valence-corrected chi connectivity index (χ1v) is 4.80. The van der Waals surface area contributed by atoms with Gasteiger partial charge in [0, 0.05) is 19.1 Å². The summed E-state index contributed by atoms with van der Waals surface area (Å²) in [7, 11) is 0. The molecule has 0 heterocycles. The van der Waals surface area contributed by atoms with Gasteiger partial charge >= 0.3 is 18.1 Å². The monoisotopic (exact) mass is 246 g/mol. The molecule has 0 aromatic carbocycles. The van der Waals surface area contributed by atoms with Crippen molar-refractivity contribution in [3.05, 3.63) is 12.2 Å². The zero-order valence-corrected chi connectivity index (χ0v) is 9.71. The van der Waals surface area contributed by atoms with E-state index in [1.807, 2.05) is 0 Å². The summed E-state index contributed by atoms with van der Waals surface area (Å²) in [6, 6.07) is 0. The lowest BCUT2D eigenvalue weighted by Gasteiger charge is -2.13. The van der Waals surface area contributed by atoms with E-state index in [9.17, 15) is 14.4 Å². The van der Waals surface area contributed by atoms with Crippen LogP contribution in [0.3, 0.4) is 0 Å². The lowest BCUT2D eigenvalue weighted by molar-refractivity contribution is -0.162. The summed E-state index contributed by atoms with van der Waals surface area (Å²) in [5, 5.41) is 8.24. The Hall–Kier alpha value is -2.05. The number of ether oxygens (including phenoxy) is 3. The van der Waals surface area contributed by atoms with Crippen molar-refractivity contribution in [2.45, 2.75) is 33.2 Å². The van der Waals surface area contributed by atoms with E-state index in [1.54, 1.807) is 13.8 Å². The van der Waals surface area contributed by atoms with Crippen LogP contribution >= 0.6 is 0 Å².